The Hall–Kier alpha value is -1.23. The molecular weight excluding hydrogens is 182 g/mol. The summed E-state index contributed by atoms with van der Waals surface area (Å²) >= 11 is 0. The van der Waals surface area contributed by atoms with E-state index in [2.05, 4.69) is 10.3 Å². The topological polar surface area (TPSA) is 57.0 Å². The third kappa shape index (κ3) is 2.38. The van der Waals surface area contributed by atoms with Gasteiger partial charge in [0, 0.05) is 20.3 Å². The first-order chi connectivity index (χ1) is 6.83. The highest BCUT2D eigenvalue weighted by atomic mass is 16.5. The highest BCUT2D eigenvalue weighted by molar-refractivity contribution is 5.73. The Morgan fingerprint density at radius 2 is 2.36 bits per heavy atom. The van der Waals surface area contributed by atoms with Crippen molar-refractivity contribution >= 4 is 6.29 Å². The van der Waals surface area contributed by atoms with Gasteiger partial charge in [0.05, 0.1) is 5.69 Å². The van der Waals surface area contributed by atoms with E-state index in [0.717, 1.165) is 31.4 Å². The van der Waals surface area contributed by atoms with Crippen LogP contribution in [-0.2, 0) is 17.7 Å². The second kappa shape index (κ2) is 5.49. The molecule has 0 aromatic carbocycles. The van der Waals surface area contributed by atoms with Crippen LogP contribution in [-0.4, -0.2) is 35.0 Å². The Balaban J connectivity index is 2.66. The van der Waals surface area contributed by atoms with Crippen LogP contribution in [0.1, 0.15) is 29.5 Å². The van der Waals surface area contributed by atoms with Crippen molar-refractivity contribution in [2.75, 3.05) is 13.7 Å². The van der Waals surface area contributed by atoms with E-state index in [1.165, 1.54) is 0 Å². The van der Waals surface area contributed by atoms with Crippen molar-refractivity contribution in [3.63, 3.8) is 0 Å². The Labute approximate surface area is 83.1 Å². The summed E-state index contributed by atoms with van der Waals surface area (Å²) in [6.07, 6.45) is 2.40. The molecule has 0 amide bonds. The smallest absolute Gasteiger partial charge is 0.172 e. The molecule has 0 unspecified atom stereocenters. The van der Waals surface area contributed by atoms with Gasteiger partial charge in [0.1, 0.15) is 5.69 Å². The monoisotopic (exact) mass is 197 g/mol. The van der Waals surface area contributed by atoms with Gasteiger partial charge in [-0.2, -0.15) is 0 Å². The van der Waals surface area contributed by atoms with E-state index in [0.29, 0.717) is 12.3 Å². The molecule has 1 heterocycles. The van der Waals surface area contributed by atoms with Crippen molar-refractivity contribution < 1.29 is 9.53 Å². The van der Waals surface area contributed by atoms with Gasteiger partial charge >= 0.3 is 0 Å². The number of ether oxygens (including phenoxy) is 1. The maximum atomic E-state index is 10.6. The average molecular weight is 197 g/mol. The van der Waals surface area contributed by atoms with Gasteiger partial charge in [-0.3, -0.25) is 4.79 Å². The fourth-order valence-electron chi connectivity index (χ4n) is 1.34. The lowest BCUT2D eigenvalue weighted by Crippen LogP contribution is -2.07. The third-order valence-electron chi connectivity index (χ3n) is 2.03. The summed E-state index contributed by atoms with van der Waals surface area (Å²) in [7, 11) is 1.67. The van der Waals surface area contributed by atoms with Crippen LogP contribution in [0.5, 0.6) is 0 Å². The number of hydrogen-bond acceptors (Lipinski definition) is 4. The predicted molar refractivity (Wildman–Crippen MR) is 51.3 cm³/mol. The molecule has 5 heteroatoms. The molecule has 14 heavy (non-hydrogen) atoms. The van der Waals surface area contributed by atoms with Gasteiger partial charge in [0.2, 0.25) is 0 Å². The van der Waals surface area contributed by atoms with E-state index < -0.39 is 0 Å². The van der Waals surface area contributed by atoms with Gasteiger partial charge in [0.25, 0.3) is 0 Å². The van der Waals surface area contributed by atoms with Crippen molar-refractivity contribution in [3.8, 4) is 0 Å². The Kier molecular flexibility index (Phi) is 4.25. The van der Waals surface area contributed by atoms with Crippen LogP contribution in [0.4, 0.5) is 0 Å². The zero-order valence-electron chi connectivity index (χ0n) is 8.56. The molecule has 0 atom stereocenters. The molecule has 0 aliphatic heterocycles. The lowest BCUT2D eigenvalue weighted by atomic mass is 10.2. The number of nitrogens with zero attached hydrogens (tertiary/aromatic N) is 3. The number of carbonyl (C=O) groups is 1. The Morgan fingerprint density at radius 1 is 1.57 bits per heavy atom. The minimum atomic E-state index is 0.449. The fraction of sp³-hybridized carbons (Fsp3) is 0.667. The first-order valence-corrected chi connectivity index (χ1v) is 4.70. The minimum absolute atomic E-state index is 0.449. The van der Waals surface area contributed by atoms with Gasteiger partial charge in [0.15, 0.2) is 6.29 Å². The van der Waals surface area contributed by atoms with E-state index in [9.17, 15) is 4.79 Å². The number of aldehydes is 1. The molecule has 0 fully saturated rings. The Morgan fingerprint density at radius 3 is 2.93 bits per heavy atom. The van der Waals surface area contributed by atoms with Crippen LogP contribution >= 0.6 is 0 Å². The predicted octanol–water partition coefficient (Wildman–Crippen LogP) is 0.690. The van der Waals surface area contributed by atoms with Gasteiger partial charge in [-0.1, -0.05) is 12.1 Å². The number of carbonyl (C=O) groups excluding carboxylic acids is 1. The second-order valence-corrected chi connectivity index (χ2v) is 2.96. The summed E-state index contributed by atoms with van der Waals surface area (Å²) in [6.45, 7) is 3.43. The van der Waals surface area contributed by atoms with Crippen LogP contribution in [0, 0.1) is 0 Å². The normalized spacial score (nSPS) is 10.4. The van der Waals surface area contributed by atoms with Crippen LogP contribution < -0.4 is 0 Å². The maximum absolute atomic E-state index is 10.6. The lowest BCUT2D eigenvalue weighted by Gasteiger charge is -2.03. The highest BCUT2D eigenvalue weighted by Gasteiger charge is 2.09. The molecule has 1 rings (SSSR count). The van der Waals surface area contributed by atoms with E-state index in [1.807, 2.05) is 6.92 Å². The molecule has 5 nitrogen and oxygen atoms in total. The highest BCUT2D eigenvalue weighted by Crippen LogP contribution is 2.04. The first kappa shape index (κ1) is 10.8. The summed E-state index contributed by atoms with van der Waals surface area (Å²) < 4.78 is 6.71. The number of aromatic nitrogens is 3. The SMILES string of the molecule is CCc1c(C=O)nnn1CCCOC. The zero-order valence-corrected chi connectivity index (χ0v) is 8.56. The summed E-state index contributed by atoms with van der Waals surface area (Å²) in [5.74, 6) is 0. The first-order valence-electron chi connectivity index (χ1n) is 4.70. The van der Waals surface area contributed by atoms with Crippen LogP contribution in [0.25, 0.3) is 0 Å². The van der Waals surface area contributed by atoms with Crippen molar-refractivity contribution in [1.29, 1.82) is 0 Å². The molecule has 0 spiro atoms. The van der Waals surface area contributed by atoms with Crippen LogP contribution in [0.3, 0.4) is 0 Å². The number of rotatable bonds is 6. The molecule has 0 radical (unpaired) electrons. The molecule has 0 N–H and O–H groups in total. The lowest BCUT2D eigenvalue weighted by molar-refractivity contribution is 0.111. The third-order valence-corrected chi connectivity index (χ3v) is 2.03. The molecule has 1 aromatic rings. The summed E-state index contributed by atoms with van der Waals surface area (Å²) in [5.41, 5.74) is 1.35. The van der Waals surface area contributed by atoms with Gasteiger partial charge in [-0.05, 0) is 12.8 Å². The van der Waals surface area contributed by atoms with Crippen molar-refractivity contribution in [3.05, 3.63) is 11.4 Å². The largest absolute Gasteiger partial charge is 0.385 e. The van der Waals surface area contributed by atoms with Crippen molar-refractivity contribution in [2.24, 2.45) is 0 Å². The molecule has 0 bridgehead atoms. The van der Waals surface area contributed by atoms with E-state index in [-0.39, 0.29) is 0 Å². The van der Waals surface area contributed by atoms with E-state index in [4.69, 9.17) is 4.74 Å². The second-order valence-electron chi connectivity index (χ2n) is 2.96. The summed E-state index contributed by atoms with van der Waals surface area (Å²) in [5, 5.41) is 7.70. The van der Waals surface area contributed by atoms with Crippen LogP contribution in [0.15, 0.2) is 0 Å². The molecule has 0 aliphatic carbocycles. The maximum Gasteiger partial charge on any atom is 0.172 e. The fourth-order valence-corrected chi connectivity index (χ4v) is 1.34. The summed E-state index contributed by atoms with van der Waals surface area (Å²) in [4.78, 5) is 10.6. The summed E-state index contributed by atoms with van der Waals surface area (Å²) in [6, 6.07) is 0. The zero-order chi connectivity index (χ0) is 10.4. The van der Waals surface area contributed by atoms with Crippen molar-refractivity contribution in [1.82, 2.24) is 15.0 Å². The molecule has 0 saturated heterocycles. The molecular formula is C9H15N3O2. The Bertz CT molecular complexity index is 296. The molecule has 0 aliphatic rings. The molecule has 0 saturated carbocycles. The van der Waals surface area contributed by atoms with Gasteiger partial charge in [-0.25, -0.2) is 4.68 Å². The van der Waals surface area contributed by atoms with E-state index in [1.54, 1.807) is 11.8 Å². The van der Waals surface area contributed by atoms with Gasteiger partial charge < -0.3 is 4.74 Å². The van der Waals surface area contributed by atoms with Gasteiger partial charge in [-0.15, -0.1) is 5.10 Å². The van der Waals surface area contributed by atoms with E-state index >= 15 is 0 Å². The number of hydrogen-bond donors (Lipinski definition) is 0. The number of methoxy groups -OCH3 is 1. The minimum Gasteiger partial charge on any atom is -0.385 e. The molecule has 1 aromatic heterocycles. The standard InChI is InChI=1S/C9H15N3O2/c1-3-9-8(7-13)10-11-12(9)5-4-6-14-2/h7H,3-6H2,1-2H3. The van der Waals surface area contributed by atoms with Crippen molar-refractivity contribution in [2.45, 2.75) is 26.3 Å². The quantitative estimate of drug-likeness (QED) is 0.497. The molecule has 78 valence electrons. The number of aryl methyl sites for hydroxylation is 1. The van der Waals surface area contributed by atoms with Crippen LogP contribution in [0.2, 0.25) is 0 Å². The average Bonchev–Trinajstić information content (AvgIpc) is 2.60.